The van der Waals surface area contributed by atoms with Crippen molar-refractivity contribution in [2.75, 3.05) is 0 Å². The lowest BCUT2D eigenvalue weighted by atomic mass is 10.4. The van der Waals surface area contributed by atoms with Crippen LogP contribution in [0.2, 0.25) is 0 Å². The van der Waals surface area contributed by atoms with Crippen LogP contribution in [0.3, 0.4) is 0 Å². The lowest BCUT2D eigenvalue weighted by Crippen LogP contribution is -1.96. The highest BCUT2D eigenvalue weighted by molar-refractivity contribution is 8.00. The topological polar surface area (TPSA) is 50.9 Å². The summed E-state index contributed by atoms with van der Waals surface area (Å²) >= 11 is 3.17. The molecule has 0 bridgehead atoms. The molecule has 86 valence electrons. The molecule has 0 unspecified atom stereocenters. The van der Waals surface area contributed by atoms with Crippen LogP contribution in [0.15, 0.2) is 21.1 Å². The van der Waals surface area contributed by atoms with Gasteiger partial charge in [-0.05, 0) is 18.2 Å². The second-order valence-electron chi connectivity index (χ2n) is 3.31. The van der Waals surface area contributed by atoms with Crippen LogP contribution in [0.5, 0.6) is 0 Å². The molecule has 0 aliphatic heterocycles. The van der Waals surface area contributed by atoms with E-state index in [1.54, 1.807) is 17.5 Å². The molecule has 0 radical (unpaired) electrons. The molecular weight excluding hydrogens is 242 g/mol. The van der Waals surface area contributed by atoms with Crippen LogP contribution in [0.4, 0.5) is 0 Å². The molecule has 2 rings (SSSR count). The third-order valence-electron chi connectivity index (χ3n) is 2.28. The summed E-state index contributed by atoms with van der Waals surface area (Å²) < 4.78 is 2.88. The summed E-state index contributed by atoms with van der Waals surface area (Å²) in [5.41, 5.74) is 1.93. The van der Waals surface area contributed by atoms with E-state index in [4.69, 9.17) is 5.11 Å². The second-order valence-corrected chi connectivity index (χ2v) is 5.38. The molecule has 4 nitrogen and oxygen atoms in total. The highest BCUT2D eigenvalue weighted by atomic mass is 32.2. The fourth-order valence-electron chi connectivity index (χ4n) is 1.24. The maximum Gasteiger partial charge on any atom is 0.175 e. The average molecular weight is 255 g/mol. The monoisotopic (exact) mass is 255 g/mol. The molecule has 0 atom stereocenters. The number of aromatic nitrogens is 3. The third kappa shape index (κ3) is 2.28. The molecule has 0 fully saturated rings. The Morgan fingerprint density at radius 1 is 1.56 bits per heavy atom. The van der Waals surface area contributed by atoms with Crippen molar-refractivity contribution >= 4 is 23.1 Å². The summed E-state index contributed by atoms with van der Waals surface area (Å²) in [6.45, 7) is 2.11. The molecule has 1 N–H and O–H groups in total. The molecule has 2 aromatic rings. The minimum Gasteiger partial charge on any atom is -0.390 e. The molecule has 6 heteroatoms. The molecule has 2 aromatic heterocycles. The molecule has 0 saturated heterocycles. The molecule has 0 spiro atoms. The van der Waals surface area contributed by atoms with Gasteiger partial charge in [-0.15, -0.1) is 11.3 Å². The largest absolute Gasteiger partial charge is 0.390 e. The SMILES string of the molecule is CCc1csc(Sc2ncc(CO)n2C)n1. The maximum atomic E-state index is 9.06. The minimum atomic E-state index is 0.0160. The van der Waals surface area contributed by atoms with Crippen LogP contribution in [0.1, 0.15) is 18.3 Å². The van der Waals surface area contributed by atoms with Gasteiger partial charge >= 0.3 is 0 Å². The van der Waals surface area contributed by atoms with Crippen molar-refractivity contribution in [2.45, 2.75) is 29.4 Å². The minimum absolute atomic E-state index is 0.0160. The molecule has 0 aromatic carbocycles. The van der Waals surface area contributed by atoms with Crippen molar-refractivity contribution in [3.05, 3.63) is 23.0 Å². The Morgan fingerprint density at radius 3 is 2.94 bits per heavy atom. The highest BCUT2D eigenvalue weighted by Crippen LogP contribution is 2.29. The normalized spacial score (nSPS) is 10.9. The number of aliphatic hydroxyl groups is 1. The number of nitrogens with zero attached hydrogens (tertiary/aromatic N) is 3. The molecule has 16 heavy (non-hydrogen) atoms. The summed E-state index contributed by atoms with van der Waals surface area (Å²) in [6, 6.07) is 0. The molecule has 2 heterocycles. The van der Waals surface area contributed by atoms with Gasteiger partial charge in [-0.3, -0.25) is 0 Å². The lowest BCUT2D eigenvalue weighted by Gasteiger charge is -2.00. The summed E-state index contributed by atoms with van der Waals surface area (Å²) in [5.74, 6) is 0. The van der Waals surface area contributed by atoms with Gasteiger partial charge in [0.2, 0.25) is 0 Å². The molecular formula is C10H13N3OS2. The Balaban J connectivity index is 2.17. The maximum absolute atomic E-state index is 9.06. The zero-order valence-corrected chi connectivity index (χ0v) is 10.8. The quantitative estimate of drug-likeness (QED) is 0.909. The van der Waals surface area contributed by atoms with Crippen molar-refractivity contribution in [3.8, 4) is 0 Å². The first-order valence-corrected chi connectivity index (χ1v) is 6.68. The highest BCUT2D eigenvalue weighted by Gasteiger charge is 2.09. The average Bonchev–Trinajstić information content (AvgIpc) is 2.88. The van der Waals surface area contributed by atoms with E-state index in [9.17, 15) is 0 Å². The van der Waals surface area contributed by atoms with E-state index >= 15 is 0 Å². The summed E-state index contributed by atoms with van der Waals surface area (Å²) in [5, 5.41) is 12.0. The van der Waals surface area contributed by atoms with Gasteiger partial charge in [0.25, 0.3) is 0 Å². The number of hydrogen-bond acceptors (Lipinski definition) is 5. The van der Waals surface area contributed by atoms with Gasteiger partial charge in [0.15, 0.2) is 9.50 Å². The zero-order chi connectivity index (χ0) is 11.5. The number of imidazole rings is 1. The van der Waals surface area contributed by atoms with E-state index in [1.807, 2.05) is 11.6 Å². The van der Waals surface area contributed by atoms with Crippen LogP contribution in [0, 0.1) is 0 Å². The molecule has 0 amide bonds. The van der Waals surface area contributed by atoms with Crippen LogP contribution < -0.4 is 0 Å². The van der Waals surface area contributed by atoms with Crippen molar-refractivity contribution < 1.29 is 5.11 Å². The smallest absolute Gasteiger partial charge is 0.175 e. The first-order valence-electron chi connectivity index (χ1n) is 4.98. The van der Waals surface area contributed by atoms with Crippen molar-refractivity contribution in [1.82, 2.24) is 14.5 Å². The van der Waals surface area contributed by atoms with Crippen molar-refractivity contribution in [1.29, 1.82) is 0 Å². The van der Waals surface area contributed by atoms with E-state index in [0.717, 1.165) is 27.3 Å². The van der Waals surface area contributed by atoms with E-state index < -0.39 is 0 Å². The standard InChI is InChI=1S/C10H13N3OS2/c1-3-7-6-15-10(12-7)16-9-11-4-8(5-14)13(9)2/h4,6,14H,3,5H2,1-2H3. The fourth-order valence-corrected chi connectivity index (χ4v) is 3.11. The first-order chi connectivity index (χ1) is 7.74. The Bertz CT molecular complexity index is 478. The first kappa shape index (κ1) is 11.6. The third-order valence-corrected chi connectivity index (χ3v) is 4.32. The molecule has 0 saturated carbocycles. The van der Waals surface area contributed by atoms with Crippen LogP contribution >= 0.6 is 23.1 Å². The Labute approximate surface area is 102 Å². The van der Waals surface area contributed by atoms with Crippen LogP contribution in [-0.4, -0.2) is 19.6 Å². The fraction of sp³-hybridized carbons (Fsp3) is 0.400. The van der Waals surface area contributed by atoms with Gasteiger partial charge in [-0.1, -0.05) is 6.92 Å². The summed E-state index contributed by atoms with van der Waals surface area (Å²) in [7, 11) is 1.90. The second kappa shape index (κ2) is 4.99. The Kier molecular flexibility index (Phi) is 3.63. The number of thiazole rings is 1. The van der Waals surface area contributed by atoms with Crippen LogP contribution in [0.25, 0.3) is 0 Å². The number of aryl methyl sites for hydroxylation is 1. The number of hydrogen-bond donors (Lipinski definition) is 1. The van der Waals surface area contributed by atoms with E-state index in [-0.39, 0.29) is 6.61 Å². The Hall–Kier alpha value is -0.850. The van der Waals surface area contributed by atoms with E-state index in [1.165, 1.54) is 11.8 Å². The lowest BCUT2D eigenvalue weighted by molar-refractivity contribution is 0.271. The zero-order valence-electron chi connectivity index (χ0n) is 9.17. The van der Waals surface area contributed by atoms with Crippen LogP contribution in [-0.2, 0) is 20.1 Å². The van der Waals surface area contributed by atoms with E-state index in [0.29, 0.717) is 0 Å². The molecule has 0 aliphatic carbocycles. The van der Waals surface area contributed by atoms with Gasteiger partial charge in [0.1, 0.15) is 0 Å². The Morgan fingerprint density at radius 2 is 2.38 bits per heavy atom. The number of rotatable bonds is 4. The van der Waals surface area contributed by atoms with Gasteiger partial charge in [0, 0.05) is 12.4 Å². The van der Waals surface area contributed by atoms with Gasteiger partial charge in [-0.2, -0.15) is 0 Å². The van der Waals surface area contributed by atoms with Crippen molar-refractivity contribution in [3.63, 3.8) is 0 Å². The number of aliphatic hydroxyl groups excluding tert-OH is 1. The predicted molar refractivity (Wildman–Crippen MR) is 64.7 cm³/mol. The van der Waals surface area contributed by atoms with Gasteiger partial charge in [0.05, 0.1) is 24.2 Å². The van der Waals surface area contributed by atoms with Gasteiger partial charge < -0.3 is 9.67 Å². The van der Waals surface area contributed by atoms with Gasteiger partial charge in [-0.25, -0.2) is 9.97 Å². The predicted octanol–water partition coefficient (Wildman–Crippen LogP) is 2.08. The van der Waals surface area contributed by atoms with Crippen molar-refractivity contribution in [2.24, 2.45) is 7.05 Å². The summed E-state index contributed by atoms with van der Waals surface area (Å²) in [6.07, 6.45) is 2.65. The van der Waals surface area contributed by atoms with E-state index in [2.05, 4.69) is 22.3 Å². The molecule has 0 aliphatic rings. The summed E-state index contributed by atoms with van der Waals surface area (Å²) in [4.78, 5) is 8.72.